The molecule has 7 nitrogen and oxygen atoms in total. The maximum absolute atomic E-state index is 12.9. The highest BCUT2D eigenvalue weighted by Crippen LogP contribution is 2.42. The van der Waals surface area contributed by atoms with Crippen molar-refractivity contribution in [2.24, 2.45) is 0 Å². The standard InChI is InChI=1S/C23H22ClN3O4S/c24-17-6-3-15(4-7-17)21-26-27-22(31-21)32-14-20(28)25-23(9-1-2-10-23)16-5-8-18-19(13-16)30-12-11-29-18/h3-8,13H,1-2,9-12,14H2,(H,25,28). The number of fused-ring (bicyclic) bond motifs is 1. The summed E-state index contributed by atoms with van der Waals surface area (Å²) in [6, 6.07) is 13.1. The minimum atomic E-state index is -0.392. The van der Waals surface area contributed by atoms with Crippen molar-refractivity contribution in [3.63, 3.8) is 0 Å². The van der Waals surface area contributed by atoms with Crippen molar-refractivity contribution in [2.45, 2.75) is 36.4 Å². The Kier molecular flexibility index (Phi) is 5.97. The molecule has 1 aliphatic heterocycles. The summed E-state index contributed by atoms with van der Waals surface area (Å²) in [6.07, 6.45) is 3.92. The average molecular weight is 472 g/mol. The number of hydrogen-bond acceptors (Lipinski definition) is 7. The molecule has 166 valence electrons. The number of thioether (sulfide) groups is 1. The molecule has 0 unspecified atom stereocenters. The van der Waals surface area contributed by atoms with Crippen molar-refractivity contribution < 1.29 is 18.7 Å². The van der Waals surface area contributed by atoms with E-state index in [0.29, 0.717) is 29.3 Å². The van der Waals surface area contributed by atoms with Gasteiger partial charge in [0, 0.05) is 10.6 Å². The van der Waals surface area contributed by atoms with Gasteiger partial charge in [-0.15, -0.1) is 10.2 Å². The zero-order valence-corrected chi connectivity index (χ0v) is 18.9. The van der Waals surface area contributed by atoms with Crippen LogP contribution < -0.4 is 14.8 Å². The molecule has 0 spiro atoms. The molecular formula is C23H22ClN3O4S. The maximum atomic E-state index is 12.9. The molecule has 1 fully saturated rings. The van der Waals surface area contributed by atoms with Gasteiger partial charge < -0.3 is 19.2 Å². The Morgan fingerprint density at radius 1 is 1.03 bits per heavy atom. The zero-order chi connectivity index (χ0) is 22.0. The minimum Gasteiger partial charge on any atom is -0.486 e. The van der Waals surface area contributed by atoms with Crippen LogP contribution in [0, 0.1) is 0 Å². The van der Waals surface area contributed by atoms with Gasteiger partial charge in [0.2, 0.25) is 11.8 Å². The molecule has 2 aliphatic rings. The third-order valence-electron chi connectivity index (χ3n) is 5.75. The SMILES string of the molecule is O=C(CSc1nnc(-c2ccc(Cl)cc2)o1)NC1(c2ccc3c(c2)OCCO3)CCCC1. The van der Waals surface area contributed by atoms with E-state index in [0.717, 1.165) is 48.3 Å². The number of carbonyl (C=O) groups excluding carboxylic acids is 1. The summed E-state index contributed by atoms with van der Waals surface area (Å²) in [5, 5.41) is 12.4. The number of amides is 1. The zero-order valence-electron chi connectivity index (χ0n) is 17.3. The van der Waals surface area contributed by atoms with Crippen molar-refractivity contribution >= 4 is 29.3 Å². The first-order valence-corrected chi connectivity index (χ1v) is 11.9. The van der Waals surface area contributed by atoms with E-state index in [1.807, 2.05) is 30.3 Å². The highest BCUT2D eigenvalue weighted by molar-refractivity contribution is 7.99. The third kappa shape index (κ3) is 4.42. The molecule has 2 heterocycles. The smallest absolute Gasteiger partial charge is 0.277 e. The minimum absolute atomic E-state index is 0.0713. The second-order valence-corrected chi connectivity index (χ2v) is 9.23. The van der Waals surface area contributed by atoms with E-state index >= 15 is 0 Å². The molecule has 0 atom stereocenters. The third-order valence-corrected chi connectivity index (χ3v) is 6.83. The Bertz CT molecular complexity index is 1110. The monoisotopic (exact) mass is 471 g/mol. The van der Waals surface area contributed by atoms with Crippen molar-refractivity contribution in [2.75, 3.05) is 19.0 Å². The lowest BCUT2D eigenvalue weighted by Crippen LogP contribution is -2.44. The number of halogens is 1. The normalized spacial score (nSPS) is 16.7. The average Bonchev–Trinajstić information content (AvgIpc) is 3.48. The number of benzene rings is 2. The van der Waals surface area contributed by atoms with Gasteiger partial charge in [0.05, 0.1) is 11.3 Å². The number of carbonyl (C=O) groups is 1. The van der Waals surface area contributed by atoms with Crippen LogP contribution >= 0.6 is 23.4 Å². The van der Waals surface area contributed by atoms with Crippen molar-refractivity contribution in [3.8, 4) is 23.0 Å². The molecule has 1 aliphatic carbocycles. The first-order chi connectivity index (χ1) is 15.6. The fraction of sp³-hybridized carbons (Fsp3) is 0.348. The van der Waals surface area contributed by atoms with Gasteiger partial charge in [-0.2, -0.15) is 0 Å². The lowest BCUT2D eigenvalue weighted by Gasteiger charge is -2.32. The summed E-state index contributed by atoms with van der Waals surface area (Å²) < 4.78 is 17.1. The van der Waals surface area contributed by atoms with Crippen LogP contribution in [-0.4, -0.2) is 35.1 Å². The van der Waals surface area contributed by atoms with Gasteiger partial charge in [-0.05, 0) is 54.8 Å². The highest BCUT2D eigenvalue weighted by atomic mass is 35.5. The van der Waals surface area contributed by atoms with Gasteiger partial charge in [-0.1, -0.05) is 42.3 Å². The summed E-state index contributed by atoms with van der Waals surface area (Å²) >= 11 is 7.14. The Hall–Kier alpha value is -2.71. The quantitative estimate of drug-likeness (QED) is 0.515. The first-order valence-electron chi connectivity index (χ1n) is 10.5. The molecule has 3 aromatic rings. The number of hydrogen-bond donors (Lipinski definition) is 1. The largest absolute Gasteiger partial charge is 0.486 e. The van der Waals surface area contributed by atoms with Crippen molar-refractivity contribution in [1.29, 1.82) is 0 Å². The van der Waals surface area contributed by atoms with E-state index in [2.05, 4.69) is 15.5 Å². The topological polar surface area (TPSA) is 86.5 Å². The molecule has 0 radical (unpaired) electrons. The van der Waals surface area contributed by atoms with Gasteiger partial charge >= 0.3 is 0 Å². The van der Waals surface area contributed by atoms with E-state index in [4.69, 9.17) is 25.5 Å². The molecule has 1 aromatic heterocycles. The molecule has 5 rings (SSSR count). The molecule has 32 heavy (non-hydrogen) atoms. The lowest BCUT2D eigenvalue weighted by molar-refractivity contribution is -0.120. The van der Waals surface area contributed by atoms with Gasteiger partial charge in [-0.25, -0.2) is 0 Å². The highest BCUT2D eigenvalue weighted by Gasteiger charge is 2.38. The predicted octanol–water partition coefficient (Wildman–Crippen LogP) is 4.84. The molecule has 1 amide bonds. The van der Waals surface area contributed by atoms with Crippen LogP contribution in [-0.2, 0) is 10.3 Å². The molecule has 0 bridgehead atoms. The number of aromatic nitrogens is 2. The van der Waals surface area contributed by atoms with Gasteiger partial charge in [0.1, 0.15) is 13.2 Å². The fourth-order valence-electron chi connectivity index (χ4n) is 4.21. The van der Waals surface area contributed by atoms with E-state index < -0.39 is 5.54 Å². The van der Waals surface area contributed by atoms with Crippen LogP contribution in [0.3, 0.4) is 0 Å². The number of nitrogens with one attached hydrogen (secondary N) is 1. The summed E-state index contributed by atoms with van der Waals surface area (Å²) in [5.74, 6) is 2.01. The maximum Gasteiger partial charge on any atom is 0.277 e. The fourth-order valence-corrected chi connectivity index (χ4v) is 4.90. The van der Waals surface area contributed by atoms with Gasteiger partial charge in [0.25, 0.3) is 5.22 Å². The lowest BCUT2D eigenvalue weighted by atomic mass is 9.87. The summed E-state index contributed by atoms with van der Waals surface area (Å²) in [7, 11) is 0. The summed E-state index contributed by atoms with van der Waals surface area (Å²) in [6.45, 7) is 1.09. The van der Waals surface area contributed by atoms with Crippen molar-refractivity contribution in [3.05, 3.63) is 53.1 Å². The Morgan fingerprint density at radius 3 is 2.56 bits per heavy atom. The molecule has 0 saturated heterocycles. The van der Waals surface area contributed by atoms with Crippen LogP contribution in [0.15, 0.2) is 52.1 Å². The predicted molar refractivity (Wildman–Crippen MR) is 121 cm³/mol. The summed E-state index contributed by atoms with van der Waals surface area (Å²) in [5.41, 5.74) is 1.44. The van der Waals surface area contributed by atoms with E-state index in [1.54, 1.807) is 12.1 Å². The number of nitrogens with zero attached hydrogens (tertiary/aromatic N) is 2. The first kappa shape index (κ1) is 21.2. The molecule has 9 heteroatoms. The van der Waals surface area contributed by atoms with Crippen molar-refractivity contribution in [1.82, 2.24) is 15.5 Å². The molecule has 2 aromatic carbocycles. The second-order valence-electron chi connectivity index (χ2n) is 7.86. The Balaban J connectivity index is 1.25. The van der Waals surface area contributed by atoms with Gasteiger partial charge in [-0.3, -0.25) is 4.79 Å². The van der Waals surface area contributed by atoms with E-state index in [-0.39, 0.29) is 11.7 Å². The summed E-state index contributed by atoms with van der Waals surface area (Å²) in [4.78, 5) is 12.9. The second kappa shape index (κ2) is 9.03. The molecule has 1 saturated carbocycles. The van der Waals surface area contributed by atoms with Gasteiger partial charge in [0.15, 0.2) is 11.5 Å². The number of ether oxygens (including phenoxy) is 2. The van der Waals surface area contributed by atoms with E-state index in [1.165, 1.54) is 11.8 Å². The van der Waals surface area contributed by atoms with Crippen LogP contribution in [0.5, 0.6) is 11.5 Å². The molecular weight excluding hydrogens is 450 g/mol. The van der Waals surface area contributed by atoms with E-state index in [9.17, 15) is 4.79 Å². The Labute approximate surface area is 194 Å². The van der Waals surface area contributed by atoms with Crippen LogP contribution in [0.1, 0.15) is 31.2 Å². The van der Waals surface area contributed by atoms with Crippen LogP contribution in [0.25, 0.3) is 11.5 Å². The molecule has 1 N–H and O–H groups in total. The van der Waals surface area contributed by atoms with Crippen LogP contribution in [0.2, 0.25) is 5.02 Å². The van der Waals surface area contributed by atoms with Crippen LogP contribution in [0.4, 0.5) is 0 Å². The number of rotatable bonds is 6. The Morgan fingerprint density at radius 2 is 1.78 bits per heavy atom.